The molecule has 5 atom stereocenters. The number of hydrogen-bond donors (Lipinski definition) is 1. The molecule has 1 heteroatoms. The molecule has 0 saturated heterocycles. The Labute approximate surface area is 61.0 Å². The fourth-order valence-electron chi connectivity index (χ4n) is 4.96. The molecule has 1 spiro atoms. The van der Waals surface area contributed by atoms with Gasteiger partial charge in [-0.2, -0.15) is 0 Å². The molecule has 5 rings (SSSR count). The lowest BCUT2D eigenvalue weighted by atomic mass is 9.62. The summed E-state index contributed by atoms with van der Waals surface area (Å²) < 4.78 is 0. The van der Waals surface area contributed by atoms with E-state index in [0.717, 1.165) is 23.2 Å². The summed E-state index contributed by atoms with van der Waals surface area (Å²) in [6.45, 7) is 0. The number of rotatable bonds is 0. The van der Waals surface area contributed by atoms with Crippen molar-refractivity contribution < 1.29 is 0 Å². The maximum atomic E-state index is 6.24. The van der Waals surface area contributed by atoms with Crippen LogP contribution in [0.15, 0.2) is 0 Å². The first-order valence-electron chi connectivity index (χ1n) is 4.56. The van der Waals surface area contributed by atoms with E-state index in [-0.39, 0.29) is 0 Å². The molecule has 0 aromatic heterocycles. The average Bonchev–Trinajstić information content (AvgIpc) is 2.18. The molecular formula is C9H13N. The van der Waals surface area contributed by atoms with E-state index >= 15 is 0 Å². The Kier molecular flexibility index (Phi) is 0.434. The molecule has 1 nitrogen and oxygen atoms in total. The van der Waals surface area contributed by atoms with E-state index < -0.39 is 0 Å². The minimum Gasteiger partial charge on any atom is -0.325 e. The van der Waals surface area contributed by atoms with Gasteiger partial charge < -0.3 is 5.73 Å². The van der Waals surface area contributed by atoms with E-state index in [1.54, 1.807) is 0 Å². The summed E-state index contributed by atoms with van der Waals surface area (Å²) >= 11 is 0. The van der Waals surface area contributed by atoms with Gasteiger partial charge in [-0.1, -0.05) is 0 Å². The maximum Gasteiger partial charge on any atom is 0.0197 e. The van der Waals surface area contributed by atoms with Crippen LogP contribution in [0.25, 0.3) is 0 Å². The summed E-state index contributed by atoms with van der Waals surface area (Å²) in [5.74, 6) is 3.24. The van der Waals surface area contributed by atoms with Crippen molar-refractivity contribution in [3.8, 4) is 0 Å². The van der Waals surface area contributed by atoms with Crippen LogP contribution in [0.5, 0.6) is 0 Å². The van der Waals surface area contributed by atoms with E-state index in [0.29, 0.717) is 5.54 Å². The standard InChI is InChI=1S/C9H13N/c10-8-3-6-5-1-2-7(8)9(5,6)4-8/h5-7H,1-4,10H2. The largest absolute Gasteiger partial charge is 0.325 e. The summed E-state index contributed by atoms with van der Waals surface area (Å²) in [6, 6.07) is 0. The normalized spacial score (nSPS) is 80.7. The van der Waals surface area contributed by atoms with E-state index in [1.807, 2.05) is 0 Å². The van der Waals surface area contributed by atoms with Crippen molar-refractivity contribution in [3.63, 3.8) is 0 Å². The Bertz CT molecular complexity index is 233. The molecule has 5 saturated carbocycles. The Morgan fingerprint density at radius 1 is 1.20 bits per heavy atom. The van der Waals surface area contributed by atoms with Gasteiger partial charge in [0.1, 0.15) is 0 Å². The third-order valence-electron chi connectivity index (χ3n) is 5.10. The summed E-state index contributed by atoms with van der Waals surface area (Å²) in [4.78, 5) is 0. The average molecular weight is 135 g/mol. The van der Waals surface area contributed by atoms with Gasteiger partial charge in [-0.3, -0.25) is 0 Å². The number of hydrogen-bond acceptors (Lipinski definition) is 1. The Balaban J connectivity index is 1.97. The highest BCUT2D eigenvalue weighted by Crippen LogP contribution is 2.89. The van der Waals surface area contributed by atoms with Crippen LogP contribution < -0.4 is 5.73 Å². The maximum absolute atomic E-state index is 6.24. The van der Waals surface area contributed by atoms with E-state index in [2.05, 4.69) is 0 Å². The summed E-state index contributed by atoms with van der Waals surface area (Å²) in [6.07, 6.45) is 5.79. The molecule has 0 aromatic rings. The van der Waals surface area contributed by atoms with Crippen molar-refractivity contribution >= 4 is 0 Å². The summed E-state index contributed by atoms with van der Waals surface area (Å²) in [7, 11) is 0. The highest BCUT2D eigenvalue weighted by atomic mass is 15.0. The Morgan fingerprint density at radius 3 is 2.70 bits per heavy atom. The van der Waals surface area contributed by atoms with Crippen LogP contribution in [0.4, 0.5) is 0 Å². The van der Waals surface area contributed by atoms with E-state index in [9.17, 15) is 0 Å². The van der Waals surface area contributed by atoms with Gasteiger partial charge in [0.2, 0.25) is 0 Å². The lowest BCUT2D eigenvalue weighted by molar-refractivity contribution is 0.0762. The summed E-state index contributed by atoms with van der Waals surface area (Å²) in [5.41, 5.74) is 7.47. The molecule has 5 fully saturated rings. The van der Waals surface area contributed by atoms with Gasteiger partial charge >= 0.3 is 0 Å². The van der Waals surface area contributed by atoms with Crippen LogP contribution in [0.2, 0.25) is 0 Å². The quantitative estimate of drug-likeness (QED) is 0.529. The van der Waals surface area contributed by atoms with Crippen LogP contribution in [-0.4, -0.2) is 5.54 Å². The van der Waals surface area contributed by atoms with Gasteiger partial charge in [-0.25, -0.2) is 0 Å². The molecule has 0 amide bonds. The fraction of sp³-hybridized carbons (Fsp3) is 1.00. The Morgan fingerprint density at radius 2 is 2.10 bits per heavy atom. The SMILES string of the molecule is NC12CC3C4CCC1C43C2. The third kappa shape index (κ3) is 0.219. The van der Waals surface area contributed by atoms with Crippen LogP contribution in [0.1, 0.15) is 25.7 Å². The van der Waals surface area contributed by atoms with Gasteiger partial charge in [0.05, 0.1) is 0 Å². The number of nitrogens with two attached hydrogens (primary N) is 1. The van der Waals surface area contributed by atoms with Gasteiger partial charge in [-0.15, -0.1) is 0 Å². The van der Waals surface area contributed by atoms with Crippen LogP contribution in [0, 0.1) is 23.2 Å². The minimum atomic E-state index is 0.359. The zero-order chi connectivity index (χ0) is 6.56. The molecule has 54 valence electrons. The van der Waals surface area contributed by atoms with Crippen LogP contribution in [-0.2, 0) is 0 Å². The van der Waals surface area contributed by atoms with E-state index in [4.69, 9.17) is 5.73 Å². The van der Waals surface area contributed by atoms with Crippen LogP contribution in [0.3, 0.4) is 0 Å². The molecule has 10 heavy (non-hydrogen) atoms. The van der Waals surface area contributed by atoms with Crippen molar-refractivity contribution in [2.45, 2.75) is 31.2 Å². The van der Waals surface area contributed by atoms with Crippen molar-refractivity contribution in [2.75, 3.05) is 0 Å². The molecule has 0 aromatic carbocycles. The first-order chi connectivity index (χ1) is 4.77. The zero-order valence-electron chi connectivity index (χ0n) is 6.14. The monoisotopic (exact) mass is 135 g/mol. The lowest BCUT2D eigenvalue weighted by Gasteiger charge is -2.47. The Hall–Kier alpha value is -0.0400. The van der Waals surface area contributed by atoms with Gasteiger partial charge in [-0.05, 0) is 48.9 Å². The second-order valence-corrected chi connectivity index (χ2v) is 5.07. The molecule has 5 aliphatic rings. The van der Waals surface area contributed by atoms with E-state index in [1.165, 1.54) is 25.7 Å². The molecule has 0 radical (unpaired) electrons. The molecule has 5 unspecified atom stereocenters. The molecular weight excluding hydrogens is 122 g/mol. The molecule has 0 heterocycles. The third-order valence-corrected chi connectivity index (χ3v) is 5.10. The summed E-state index contributed by atoms with van der Waals surface area (Å²) in [5, 5.41) is 0. The van der Waals surface area contributed by atoms with Gasteiger partial charge in [0, 0.05) is 5.54 Å². The second-order valence-electron chi connectivity index (χ2n) is 5.07. The second kappa shape index (κ2) is 0.911. The predicted molar refractivity (Wildman–Crippen MR) is 38.3 cm³/mol. The van der Waals surface area contributed by atoms with Crippen molar-refractivity contribution in [1.82, 2.24) is 0 Å². The highest BCUT2D eigenvalue weighted by molar-refractivity contribution is 5.38. The minimum absolute atomic E-state index is 0.359. The van der Waals surface area contributed by atoms with Crippen LogP contribution >= 0.6 is 0 Å². The molecule has 2 N–H and O–H groups in total. The topological polar surface area (TPSA) is 26.0 Å². The lowest BCUT2D eigenvalue weighted by Crippen LogP contribution is -2.56. The highest BCUT2D eigenvalue weighted by Gasteiger charge is 2.87. The van der Waals surface area contributed by atoms with Crippen molar-refractivity contribution in [2.24, 2.45) is 28.9 Å². The predicted octanol–water partition coefficient (Wildman–Crippen LogP) is 1.13. The van der Waals surface area contributed by atoms with Crippen molar-refractivity contribution in [3.05, 3.63) is 0 Å². The first kappa shape index (κ1) is 4.76. The molecule has 0 aliphatic heterocycles. The molecule has 2 bridgehead atoms. The van der Waals surface area contributed by atoms with Gasteiger partial charge in [0.15, 0.2) is 0 Å². The smallest absolute Gasteiger partial charge is 0.0197 e. The van der Waals surface area contributed by atoms with Gasteiger partial charge in [0.25, 0.3) is 0 Å². The fourth-order valence-corrected chi connectivity index (χ4v) is 4.96. The molecule has 5 aliphatic carbocycles. The first-order valence-corrected chi connectivity index (χ1v) is 4.56. The van der Waals surface area contributed by atoms with Crippen molar-refractivity contribution in [1.29, 1.82) is 0 Å². The zero-order valence-corrected chi connectivity index (χ0v) is 6.14.